The van der Waals surface area contributed by atoms with Gasteiger partial charge in [0.1, 0.15) is 0 Å². The van der Waals surface area contributed by atoms with Gasteiger partial charge in [-0.15, -0.1) is 0 Å². The van der Waals surface area contributed by atoms with Gasteiger partial charge in [-0.1, -0.05) is 0 Å². The van der Waals surface area contributed by atoms with E-state index < -0.39 is 0 Å². The van der Waals surface area contributed by atoms with Crippen LogP contribution in [0.15, 0.2) is 24.3 Å². The maximum absolute atomic E-state index is 12.2. The fourth-order valence-corrected chi connectivity index (χ4v) is 2.25. The Morgan fingerprint density at radius 1 is 1.24 bits per heavy atom. The quantitative estimate of drug-likeness (QED) is 0.935. The van der Waals surface area contributed by atoms with Gasteiger partial charge in [-0.3, -0.25) is 9.48 Å². The van der Waals surface area contributed by atoms with E-state index in [9.17, 15) is 4.79 Å². The molecular weight excluding hydrogens is 264 g/mol. The van der Waals surface area contributed by atoms with E-state index in [1.54, 1.807) is 0 Å². The van der Waals surface area contributed by atoms with Crippen LogP contribution < -0.4 is 10.2 Å². The van der Waals surface area contributed by atoms with Gasteiger partial charge in [0.05, 0.1) is 5.69 Å². The van der Waals surface area contributed by atoms with Crippen LogP contribution in [0.5, 0.6) is 0 Å². The van der Waals surface area contributed by atoms with Crippen LogP contribution in [0.3, 0.4) is 0 Å². The average molecular weight is 286 g/mol. The number of carbonyl (C=O) groups excluding carboxylic acids is 1. The fraction of sp³-hybridized carbons (Fsp3) is 0.375. The third kappa shape index (κ3) is 3.24. The third-order valence-electron chi connectivity index (χ3n) is 3.73. The first-order chi connectivity index (χ1) is 9.90. The predicted octanol–water partition coefficient (Wildman–Crippen LogP) is 2.03. The Balaban J connectivity index is 2.04. The van der Waals surface area contributed by atoms with Gasteiger partial charge in [0.2, 0.25) is 0 Å². The molecule has 0 atom stereocenters. The van der Waals surface area contributed by atoms with Gasteiger partial charge in [0, 0.05) is 50.2 Å². The summed E-state index contributed by atoms with van der Waals surface area (Å²) in [7, 11) is 5.86. The zero-order chi connectivity index (χ0) is 15.6. The minimum Gasteiger partial charge on any atom is -0.378 e. The molecule has 5 heteroatoms. The average Bonchev–Trinajstić information content (AvgIpc) is 2.70. The number of carbonyl (C=O) groups is 1. The molecule has 112 valence electrons. The second-order valence-electron chi connectivity index (χ2n) is 5.40. The summed E-state index contributed by atoms with van der Waals surface area (Å²) in [6.07, 6.45) is 0. The molecule has 0 bridgehead atoms. The lowest BCUT2D eigenvalue weighted by molar-refractivity contribution is 0.0951. The molecule has 1 N–H and O–H groups in total. The zero-order valence-corrected chi connectivity index (χ0v) is 13.3. The molecule has 1 aromatic carbocycles. The molecule has 0 fully saturated rings. The van der Waals surface area contributed by atoms with Crippen molar-refractivity contribution in [3.63, 3.8) is 0 Å². The molecule has 0 aliphatic carbocycles. The number of nitrogens with one attached hydrogen (secondary N) is 1. The first-order valence-corrected chi connectivity index (χ1v) is 6.95. The van der Waals surface area contributed by atoms with E-state index in [1.807, 2.05) is 68.8 Å². The first kappa shape index (κ1) is 15.1. The molecule has 0 spiro atoms. The summed E-state index contributed by atoms with van der Waals surface area (Å²) in [5, 5.41) is 7.31. The van der Waals surface area contributed by atoms with Crippen molar-refractivity contribution >= 4 is 11.6 Å². The maximum Gasteiger partial charge on any atom is 0.251 e. The summed E-state index contributed by atoms with van der Waals surface area (Å²) in [5.41, 5.74) is 4.86. The highest BCUT2D eigenvalue weighted by molar-refractivity contribution is 5.94. The zero-order valence-electron chi connectivity index (χ0n) is 13.3. The number of aryl methyl sites for hydroxylation is 2. The van der Waals surface area contributed by atoms with E-state index in [1.165, 1.54) is 0 Å². The van der Waals surface area contributed by atoms with Crippen LogP contribution in [-0.2, 0) is 13.6 Å². The lowest BCUT2D eigenvalue weighted by Crippen LogP contribution is -2.23. The number of hydrogen-bond acceptors (Lipinski definition) is 3. The lowest BCUT2D eigenvalue weighted by atomic mass is 10.1. The van der Waals surface area contributed by atoms with E-state index in [4.69, 9.17) is 0 Å². The summed E-state index contributed by atoms with van der Waals surface area (Å²) >= 11 is 0. The SMILES string of the molecule is Cc1nn(C)c(C)c1CNC(=O)c1ccc(N(C)C)cc1. The highest BCUT2D eigenvalue weighted by Gasteiger charge is 2.11. The third-order valence-corrected chi connectivity index (χ3v) is 3.73. The molecule has 21 heavy (non-hydrogen) atoms. The Labute approximate surface area is 125 Å². The van der Waals surface area contributed by atoms with Crippen LogP contribution in [0.4, 0.5) is 5.69 Å². The molecule has 0 unspecified atom stereocenters. The van der Waals surface area contributed by atoms with E-state index in [2.05, 4.69) is 10.4 Å². The van der Waals surface area contributed by atoms with Crippen LogP contribution in [0.1, 0.15) is 27.3 Å². The Morgan fingerprint density at radius 3 is 2.33 bits per heavy atom. The molecule has 2 rings (SSSR count). The van der Waals surface area contributed by atoms with Crippen LogP contribution in [0, 0.1) is 13.8 Å². The second-order valence-corrected chi connectivity index (χ2v) is 5.40. The van der Waals surface area contributed by atoms with Crippen molar-refractivity contribution < 1.29 is 4.79 Å². The van der Waals surface area contributed by atoms with E-state index in [-0.39, 0.29) is 5.91 Å². The smallest absolute Gasteiger partial charge is 0.251 e. The molecule has 0 saturated heterocycles. The molecule has 5 nitrogen and oxygen atoms in total. The normalized spacial score (nSPS) is 10.5. The summed E-state index contributed by atoms with van der Waals surface area (Å²) in [5.74, 6) is -0.0667. The molecule has 0 saturated carbocycles. The molecule has 1 heterocycles. The number of benzene rings is 1. The molecule has 0 aliphatic heterocycles. The standard InChI is InChI=1S/C16H22N4O/c1-11-15(12(2)20(5)18-11)10-17-16(21)13-6-8-14(9-7-13)19(3)4/h6-9H,10H2,1-5H3,(H,17,21). The minimum atomic E-state index is -0.0667. The minimum absolute atomic E-state index is 0.0667. The van der Waals surface area contributed by atoms with Gasteiger partial charge in [-0.05, 0) is 38.1 Å². The number of hydrogen-bond donors (Lipinski definition) is 1. The summed E-state index contributed by atoms with van der Waals surface area (Å²) in [4.78, 5) is 14.2. The van der Waals surface area contributed by atoms with Crippen LogP contribution in [0.2, 0.25) is 0 Å². The molecule has 0 radical (unpaired) electrons. The van der Waals surface area contributed by atoms with Gasteiger partial charge in [-0.2, -0.15) is 5.10 Å². The van der Waals surface area contributed by atoms with Gasteiger partial charge >= 0.3 is 0 Å². The number of rotatable bonds is 4. The molecule has 1 aromatic heterocycles. The van der Waals surface area contributed by atoms with Crippen molar-refractivity contribution in [1.29, 1.82) is 0 Å². The predicted molar refractivity (Wildman–Crippen MR) is 84.6 cm³/mol. The fourth-order valence-electron chi connectivity index (χ4n) is 2.25. The second kappa shape index (κ2) is 5.99. The number of aromatic nitrogens is 2. The number of amides is 1. The monoisotopic (exact) mass is 286 g/mol. The van der Waals surface area contributed by atoms with Crippen LogP contribution in [-0.4, -0.2) is 29.8 Å². The highest BCUT2D eigenvalue weighted by Crippen LogP contribution is 2.14. The van der Waals surface area contributed by atoms with Gasteiger partial charge < -0.3 is 10.2 Å². The van der Waals surface area contributed by atoms with Gasteiger partial charge in [-0.25, -0.2) is 0 Å². The van der Waals surface area contributed by atoms with E-state index >= 15 is 0 Å². The van der Waals surface area contributed by atoms with Crippen LogP contribution >= 0.6 is 0 Å². The maximum atomic E-state index is 12.2. The van der Waals surface area contributed by atoms with Crippen molar-refractivity contribution in [3.8, 4) is 0 Å². The Kier molecular flexibility index (Phi) is 4.31. The van der Waals surface area contributed by atoms with Crippen molar-refractivity contribution in [3.05, 3.63) is 46.8 Å². The van der Waals surface area contributed by atoms with E-state index in [0.717, 1.165) is 22.6 Å². The largest absolute Gasteiger partial charge is 0.378 e. The topological polar surface area (TPSA) is 50.2 Å². The van der Waals surface area contributed by atoms with Crippen molar-refractivity contribution in [2.24, 2.45) is 7.05 Å². The van der Waals surface area contributed by atoms with Crippen molar-refractivity contribution in [2.75, 3.05) is 19.0 Å². The van der Waals surface area contributed by atoms with Crippen molar-refractivity contribution in [2.45, 2.75) is 20.4 Å². The molecular formula is C16H22N4O. The molecule has 1 amide bonds. The molecule has 2 aromatic rings. The number of nitrogens with zero attached hydrogens (tertiary/aromatic N) is 3. The van der Waals surface area contributed by atoms with E-state index in [0.29, 0.717) is 12.1 Å². The van der Waals surface area contributed by atoms with Gasteiger partial charge in [0.15, 0.2) is 0 Å². The Hall–Kier alpha value is -2.30. The van der Waals surface area contributed by atoms with Crippen LogP contribution in [0.25, 0.3) is 0 Å². The first-order valence-electron chi connectivity index (χ1n) is 6.95. The summed E-state index contributed by atoms with van der Waals surface area (Å²) < 4.78 is 1.84. The highest BCUT2D eigenvalue weighted by atomic mass is 16.1. The number of anilines is 1. The Bertz CT molecular complexity index is 641. The summed E-state index contributed by atoms with van der Waals surface area (Å²) in [6.45, 7) is 4.47. The van der Waals surface area contributed by atoms with Gasteiger partial charge in [0.25, 0.3) is 5.91 Å². The lowest BCUT2D eigenvalue weighted by Gasteiger charge is -2.12. The summed E-state index contributed by atoms with van der Waals surface area (Å²) in [6, 6.07) is 7.56. The molecule has 0 aliphatic rings. The Morgan fingerprint density at radius 2 is 1.86 bits per heavy atom. The van der Waals surface area contributed by atoms with Crippen molar-refractivity contribution in [1.82, 2.24) is 15.1 Å².